The van der Waals surface area contributed by atoms with Gasteiger partial charge in [-0.05, 0) is 26.0 Å². The van der Waals surface area contributed by atoms with Crippen LogP contribution in [-0.4, -0.2) is 31.4 Å². The van der Waals surface area contributed by atoms with E-state index in [0.29, 0.717) is 18.4 Å². The van der Waals surface area contributed by atoms with Gasteiger partial charge in [-0.1, -0.05) is 0 Å². The number of aryl methyl sites for hydroxylation is 2. The van der Waals surface area contributed by atoms with Crippen molar-refractivity contribution in [2.45, 2.75) is 39.7 Å². The van der Waals surface area contributed by atoms with Gasteiger partial charge in [0.25, 0.3) is 11.8 Å². The van der Waals surface area contributed by atoms with E-state index in [9.17, 15) is 22.8 Å². The Labute approximate surface area is 168 Å². The Balaban J connectivity index is 1.82. The number of nitrogens with one attached hydrogen (secondary N) is 2. The number of carbonyl (C=O) groups is 2. The van der Waals surface area contributed by atoms with E-state index in [-0.39, 0.29) is 30.2 Å². The molecular weight excluding hydrogens is 405 g/mol. The largest absolute Gasteiger partial charge is 0.467 e. The molecule has 2 N–H and O–H groups in total. The average molecular weight is 424 g/mol. The third-order valence-corrected chi connectivity index (χ3v) is 4.15. The maximum atomic E-state index is 12.9. The van der Waals surface area contributed by atoms with E-state index in [2.05, 4.69) is 20.8 Å². The molecule has 0 aliphatic heterocycles. The van der Waals surface area contributed by atoms with E-state index in [1.165, 1.54) is 17.1 Å². The first-order valence-corrected chi connectivity index (χ1v) is 9.07. The monoisotopic (exact) mass is 424 g/mol. The topological polar surface area (TPSA) is 107 Å². The smallest absolute Gasteiger partial charge is 0.435 e. The van der Waals surface area contributed by atoms with Crippen LogP contribution in [0.5, 0.6) is 0 Å². The van der Waals surface area contributed by atoms with E-state index < -0.39 is 23.7 Å². The van der Waals surface area contributed by atoms with Gasteiger partial charge >= 0.3 is 6.18 Å². The number of carbonyl (C=O) groups excluding carboxylic acids is 2. The first kappa shape index (κ1) is 21.1. The zero-order chi connectivity index (χ0) is 21.9. The Morgan fingerprint density at radius 3 is 2.53 bits per heavy atom. The Bertz CT molecular complexity index is 1040. The molecule has 30 heavy (non-hydrogen) atoms. The second kappa shape index (κ2) is 8.43. The molecule has 3 aromatic rings. The first-order chi connectivity index (χ1) is 14.2. The van der Waals surface area contributed by atoms with Crippen LogP contribution in [0.2, 0.25) is 0 Å². The van der Waals surface area contributed by atoms with Crippen molar-refractivity contribution < 1.29 is 27.2 Å². The molecule has 12 heteroatoms. The van der Waals surface area contributed by atoms with Gasteiger partial charge in [-0.25, -0.2) is 0 Å². The van der Waals surface area contributed by atoms with Crippen LogP contribution in [-0.2, 0) is 25.8 Å². The molecule has 3 aromatic heterocycles. The molecule has 0 fully saturated rings. The van der Waals surface area contributed by atoms with Crippen LogP contribution in [0.1, 0.15) is 46.3 Å². The van der Waals surface area contributed by atoms with Gasteiger partial charge in [0.1, 0.15) is 11.5 Å². The van der Waals surface area contributed by atoms with Crippen molar-refractivity contribution in [2.24, 2.45) is 0 Å². The fourth-order valence-electron chi connectivity index (χ4n) is 2.67. The molecule has 160 valence electrons. The first-order valence-electron chi connectivity index (χ1n) is 9.07. The summed E-state index contributed by atoms with van der Waals surface area (Å²) in [6.45, 7) is 3.93. The fourth-order valence-corrected chi connectivity index (χ4v) is 2.67. The average Bonchev–Trinajstić information content (AvgIpc) is 3.43. The van der Waals surface area contributed by atoms with Gasteiger partial charge < -0.3 is 15.1 Å². The minimum Gasteiger partial charge on any atom is -0.467 e. The third kappa shape index (κ3) is 4.53. The van der Waals surface area contributed by atoms with E-state index in [0.717, 1.165) is 4.68 Å². The van der Waals surface area contributed by atoms with Crippen LogP contribution in [0.15, 0.2) is 35.1 Å². The number of rotatable bonds is 7. The number of hydrogen-bond acceptors (Lipinski definition) is 5. The van der Waals surface area contributed by atoms with Gasteiger partial charge in [-0.15, -0.1) is 0 Å². The van der Waals surface area contributed by atoms with Gasteiger partial charge in [-0.3, -0.25) is 19.0 Å². The SMILES string of the molecule is CCn1cc(NC(=O)c2cc(C(F)(F)F)nn2CC)c(C(=O)NCc2ccco2)n1. The number of nitrogens with zero attached hydrogens (tertiary/aromatic N) is 4. The molecular formula is C18H19F3N6O3. The zero-order valence-electron chi connectivity index (χ0n) is 16.2. The third-order valence-electron chi connectivity index (χ3n) is 4.15. The van der Waals surface area contributed by atoms with Crippen molar-refractivity contribution in [1.82, 2.24) is 24.9 Å². The van der Waals surface area contributed by atoms with Gasteiger partial charge in [0.05, 0.1) is 18.5 Å². The highest BCUT2D eigenvalue weighted by atomic mass is 19.4. The van der Waals surface area contributed by atoms with Crippen molar-refractivity contribution >= 4 is 17.5 Å². The number of halogens is 3. The van der Waals surface area contributed by atoms with Crippen molar-refractivity contribution in [3.05, 3.63) is 53.5 Å². The molecule has 0 aliphatic rings. The highest BCUT2D eigenvalue weighted by Crippen LogP contribution is 2.29. The van der Waals surface area contributed by atoms with Crippen molar-refractivity contribution in [1.29, 1.82) is 0 Å². The molecule has 3 heterocycles. The molecule has 0 aromatic carbocycles. The normalized spacial score (nSPS) is 11.5. The van der Waals surface area contributed by atoms with Crippen LogP contribution in [0.25, 0.3) is 0 Å². The lowest BCUT2D eigenvalue weighted by molar-refractivity contribution is -0.141. The number of alkyl halides is 3. The highest BCUT2D eigenvalue weighted by molar-refractivity contribution is 6.07. The summed E-state index contributed by atoms with van der Waals surface area (Å²) in [4.78, 5) is 25.1. The minimum atomic E-state index is -4.68. The van der Waals surface area contributed by atoms with E-state index in [4.69, 9.17) is 4.42 Å². The van der Waals surface area contributed by atoms with Crippen LogP contribution >= 0.6 is 0 Å². The minimum absolute atomic E-state index is 0.0591. The maximum absolute atomic E-state index is 12.9. The lowest BCUT2D eigenvalue weighted by Crippen LogP contribution is -2.25. The molecule has 9 nitrogen and oxygen atoms in total. The summed E-state index contributed by atoms with van der Waals surface area (Å²) in [6.07, 6.45) is -1.79. The van der Waals surface area contributed by atoms with Gasteiger partial charge in [-0.2, -0.15) is 23.4 Å². The fraction of sp³-hybridized carbons (Fsp3) is 0.333. The summed E-state index contributed by atoms with van der Waals surface area (Å²) in [6, 6.07) is 4.02. The quantitative estimate of drug-likeness (QED) is 0.607. The molecule has 0 saturated heterocycles. The number of hydrogen-bond donors (Lipinski definition) is 2. The summed E-state index contributed by atoms with van der Waals surface area (Å²) in [7, 11) is 0. The van der Waals surface area contributed by atoms with Crippen molar-refractivity contribution in [3.8, 4) is 0 Å². The molecule has 0 aliphatic carbocycles. The second-order valence-corrected chi connectivity index (χ2v) is 6.19. The Morgan fingerprint density at radius 2 is 1.93 bits per heavy atom. The molecule has 0 unspecified atom stereocenters. The van der Waals surface area contributed by atoms with Crippen molar-refractivity contribution in [3.63, 3.8) is 0 Å². The number of anilines is 1. The van der Waals surface area contributed by atoms with Gasteiger partial charge in [0.15, 0.2) is 11.4 Å². The molecule has 2 amide bonds. The highest BCUT2D eigenvalue weighted by Gasteiger charge is 2.36. The molecule has 0 atom stereocenters. The van der Waals surface area contributed by atoms with E-state index in [1.807, 2.05) is 0 Å². The summed E-state index contributed by atoms with van der Waals surface area (Å²) in [5.41, 5.74) is -1.46. The number of aromatic nitrogens is 4. The van der Waals surface area contributed by atoms with Crippen LogP contribution in [0, 0.1) is 0 Å². The summed E-state index contributed by atoms with van der Waals surface area (Å²) in [5.74, 6) is -0.889. The summed E-state index contributed by atoms with van der Waals surface area (Å²) in [5, 5.41) is 12.6. The molecule has 0 spiro atoms. The maximum Gasteiger partial charge on any atom is 0.435 e. The Hall–Kier alpha value is -3.57. The predicted octanol–water partition coefficient (Wildman–Crippen LogP) is 2.91. The standard InChI is InChI=1S/C18H19F3N6O3/c1-3-26-10-12(15(25-26)17(29)22-9-11-6-5-7-30-11)23-16(28)13-8-14(18(19,20)21)24-27(13)4-2/h5-8,10H,3-4,9H2,1-2H3,(H,22,29)(H,23,28). The predicted molar refractivity (Wildman–Crippen MR) is 98.6 cm³/mol. The molecule has 0 radical (unpaired) electrons. The lowest BCUT2D eigenvalue weighted by Gasteiger charge is -2.07. The summed E-state index contributed by atoms with van der Waals surface area (Å²) < 4.78 is 46.4. The Kier molecular flexibility index (Phi) is 5.94. The Morgan fingerprint density at radius 1 is 1.17 bits per heavy atom. The summed E-state index contributed by atoms with van der Waals surface area (Å²) >= 11 is 0. The molecule has 0 saturated carbocycles. The zero-order valence-corrected chi connectivity index (χ0v) is 16.2. The second-order valence-electron chi connectivity index (χ2n) is 6.19. The lowest BCUT2D eigenvalue weighted by atomic mass is 10.3. The van der Waals surface area contributed by atoms with Gasteiger partial charge in [0.2, 0.25) is 0 Å². The van der Waals surface area contributed by atoms with E-state index >= 15 is 0 Å². The number of amides is 2. The van der Waals surface area contributed by atoms with Crippen LogP contribution in [0.4, 0.5) is 18.9 Å². The van der Waals surface area contributed by atoms with E-state index in [1.54, 1.807) is 26.0 Å². The molecule has 3 rings (SSSR count). The van der Waals surface area contributed by atoms with Crippen LogP contribution < -0.4 is 10.6 Å². The van der Waals surface area contributed by atoms with Crippen LogP contribution in [0.3, 0.4) is 0 Å². The number of furan rings is 1. The van der Waals surface area contributed by atoms with Crippen molar-refractivity contribution in [2.75, 3.05) is 5.32 Å². The molecule has 0 bridgehead atoms. The van der Waals surface area contributed by atoms with Gasteiger partial charge in [0, 0.05) is 25.4 Å².